The average Bonchev–Trinajstić information content (AvgIpc) is 3.22. The van der Waals surface area contributed by atoms with E-state index in [9.17, 15) is 10.2 Å². The Labute approximate surface area is 214 Å². The molecule has 5 atom stereocenters. The van der Waals surface area contributed by atoms with Crippen LogP contribution in [0, 0.1) is 0 Å². The number of fused-ring (bicyclic) bond motifs is 2. The van der Waals surface area contributed by atoms with Crippen LogP contribution in [0.5, 0.6) is 0 Å². The molecule has 2 aliphatic heterocycles. The van der Waals surface area contributed by atoms with Crippen LogP contribution in [0.15, 0.2) is 12.7 Å². The maximum Gasteiger partial charge on any atom is 0.335 e. The molecule has 202 valence electrons. The number of aromatic nitrogens is 4. The summed E-state index contributed by atoms with van der Waals surface area (Å²) in [7, 11) is -5.75. The van der Waals surface area contributed by atoms with E-state index >= 15 is 0 Å². The topological polar surface area (TPSA) is 147 Å². The van der Waals surface area contributed by atoms with Crippen molar-refractivity contribution in [3.63, 3.8) is 0 Å². The van der Waals surface area contributed by atoms with Crippen LogP contribution in [-0.4, -0.2) is 77.9 Å². The van der Waals surface area contributed by atoms with Crippen LogP contribution in [0.3, 0.4) is 0 Å². The van der Waals surface area contributed by atoms with Gasteiger partial charge in [0.25, 0.3) is 0 Å². The normalized spacial score (nSPS) is 30.7. The van der Waals surface area contributed by atoms with Gasteiger partial charge in [0.2, 0.25) is 0 Å². The maximum atomic E-state index is 11.4. The number of rotatable bonds is 5. The second-order valence-electron chi connectivity index (χ2n) is 11.2. The lowest BCUT2D eigenvalue weighted by Gasteiger charge is -2.54. The fourth-order valence-corrected chi connectivity index (χ4v) is 16.8. The van der Waals surface area contributed by atoms with E-state index in [1.54, 1.807) is 4.57 Å². The first-order valence-corrected chi connectivity index (χ1v) is 16.8. The zero-order chi connectivity index (χ0) is 26.6. The van der Waals surface area contributed by atoms with Gasteiger partial charge in [-0.25, -0.2) is 15.0 Å². The van der Waals surface area contributed by atoms with Crippen molar-refractivity contribution in [2.75, 3.05) is 12.3 Å². The Hall–Kier alpha value is -1.46. The van der Waals surface area contributed by atoms with Gasteiger partial charge in [-0.3, -0.25) is 4.57 Å². The third kappa shape index (κ3) is 4.32. The van der Waals surface area contributed by atoms with Crippen LogP contribution in [0.1, 0.15) is 61.6 Å². The second-order valence-corrected chi connectivity index (χ2v) is 20.0. The van der Waals surface area contributed by atoms with E-state index in [1.165, 1.54) is 12.7 Å². The molecule has 0 aliphatic carbocycles. The third-order valence-electron chi connectivity index (χ3n) is 7.65. The Morgan fingerprint density at radius 3 is 2.11 bits per heavy atom. The number of nitrogen functional groups attached to an aromatic ring is 1. The number of hydrogen-bond acceptors (Lipinski definition) is 10. The summed E-state index contributed by atoms with van der Waals surface area (Å²) in [5.74, 6) is 0.228. The van der Waals surface area contributed by atoms with Crippen molar-refractivity contribution in [1.29, 1.82) is 0 Å². The molecule has 0 bridgehead atoms. The van der Waals surface area contributed by atoms with Crippen molar-refractivity contribution < 1.29 is 27.9 Å². The first-order valence-electron chi connectivity index (χ1n) is 12.8. The maximum absolute atomic E-state index is 11.4. The molecule has 2 fully saturated rings. The molecule has 2 aromatic rings. The Kier molecular flexibility index (Phi) is 7.68. The van der Waals surface area contributed by atoms with Gasteiger partial charge in [-0.05, 0) is 22.2 Å². The van der Waals surface area contributed by atoms with E-state index in [0.717, 1.165) is 0 Å². The van der Waals surface area contributed by atoms with Crippen molar-refractivity contribution in [3.05, 3.63) is 12.7 Å². The second kappa shape index (κ2) is 10.0. The lowest BCUT2D eigenvalue weighted by molar-refractivity contribution is -0.251. The summed E-state index contributed by atoms with van der Waals surface area (Å²) in [5.41, 5.74) is 7.29. The molecular weight excluding hydrogens is 498 g/mol. The van der Waals surface area contributed by atoms with Crippen LogP contribution in [0.4, 0.5) is 5.82 Å². The lowest BCUT2D eigenvalue weighted by atomic mass is 9.98. The third-order valence-corrected chi connectivity index (χ3v) is 17.9. The van der Waals surface area contributed by atoms with Crippen molar-refractivity contribution in [1.82, 2.24) is 19.5 Å². The molecule has 0 unspecified atom stereocenters. The summed E-state index contributed by atoms with van der Waals surface area (Å²) in [4.78, 5) is 12.6. The summed E-state index contributed by atoms with van der Waals surface area (Å²) in [6.07, 6.45) is -2.13. The van der Waals surface area contributed by atoms with E-state index in [4.69, 9.17) is 23.4 Å². The van der Waals surface area contributed by atoms with Gasteiger partial charge in [-0.2, -0.15) is 0 Å². The zero-order valence-corrected chi connectivity index (χ0v) is 24.5. The number of nitrogens with zero attached hydrogens (tertiary/aromatic N) is 4. The average molecular weight is 540 g/mol. The minimum absolute atomic E-state index is 0.0866. The van der Waals surface area contributed by atoms with E-state index in [2.05, 4.69) is 70.3 Å². The summed E-state index contributed by atoms with van der Waals surface area (Å²) < 4.78 is 28.8. The Bertz CT molecular complexity index is 1050. The number of nitrogens with two attached hydrogens (primary N) is 1. The molecule has 0 saturated carbocycles. The van der Waals surface area contributed by atoms with Crippen LogP contribution in [-0.2, 0) is 17.7 Å². The van der Waals surface area contributed by atoms with Gasteiger partial charge in [-0.15, -0.1) is 0 Å². The predicted molar refractivity (Wildman–Crippen MR) is 139 cm³/mol. The molecule has 11 nitrogen and oxygen atoms in total. The monoisotopic (exact) mass is 539 g/mol. The van der Waals surface area contributed by atoms with Crippen LogP contribution in [0.2, 0.25) is 22.2 Å². The minimum atomic E-state index is -2.97. The number of hydrogen-bond donors (Lipinski definition) is 3. The SMILES string of the molecule is CC(C)[Si]1(C(C)C)OC[C@H]2O[C@@H](n3cnc4c(N)ncnc43)[C@H](O)[C@@H](O)[C@H]2O[Si](C(C)C)(C(C)C)O1. The molecule has 36 heavy (non-hydrogen) atoms. The Balaban J connectivity index is 1.78. The van der Waals surface area contributed by atoms with Crippen molar-refractivity contribution in [2.45, 2.75) is 108 Å². The first kappa shape index (κ1) is 27.6. The lowest BCUT2D eigenvalue weighted by Crippen LogP contribution is -2.69. The fourth-order valence-electron chi connectivity index (χ4n) is 5.62. The van der Waals surface area contributed by atoms with Gasteiger partial charge < -0.3 is 33.7 Å². The molecule has 2 aliphatic rings. The first-order chi connectivity index (χ1) is 16.9. The molecule has 4 heterocycles. The molecule has 4 rings (SSSR count). The van der Waals surface area contributed by atoms with Gasteiger partial charge in [0.05, 0.1) is 12.9 Å². The Morgan fingerprint density at radius 2 is 1.53 bits per heavy atom. The van der Waals surface area contributed by atoms with E-state index in [1.807, 2.05) is 0 Å². The molecule has 0 amide bonds. The highest BCUT2D eigenvalue weighted by Crippen LogP contribution is 2.47. The number of aliphatic hydroxyl groups is 2. The quantitative estimate of drug-likeness (QED) is 0.484. The van der Waals surface area contributed by atoms with Gasteiger partial charge >= 0.3 is 17.1 Å². The summed E-state index contributed by atoms with van der Waals surface area (Å²) in [6, 6.07) is 0. The number of anilines is 1. The smallest absolute Gasteiger partial charge is 0.335 e. The van der Waals surface area contributed by atoms with E-state index in [-0.39, 0.29) is 34.6 Å². The van der Waals surface area contributed by atoms with Crippen molar-refractivity contribution in [2.24, 2.45) is 0 Å². The van der Waals surface area contributed by atoms with Gasteiger partial charge in [0.1, 0.15) is 36.3 Å². The minimum Gasteiger partial charge on any atom is -0.414 e. The van der Waals surface area contributed by atoms with Gasteiger partial charge in [0, 0.05) is 0 Å². The van der Waals surface area contributed by atoms with E-state index < -0.39 is 47.8 Å². The van der Waals surface area contributed by atoms with E-state index in [0.29, 0.717) is 11.2 Å². The summed E-state index contributed by atoms with van der Waals surface area (Å²) in [6.45, 7) is 17.2. The molecule has 0 spiro atoms. The largest absolute Gasteiger partial charge is 0.414 e. The Morgan fingerprint density at radius 1 is 0.917 bits per heavy atom. The zero-order valence-electron chi connectivity index (χ0n) is 22.5. The summed E-state index contributed by atoms with van der Waals surface area (Å²) in [5, 5.41) is 22.6. The van der Waals surface area contributed by atoms with Crippen LogP contribution < -0.4 is 5.73 Å². The van der Waals surface area contributed by atoms with Crippen molar-refractivity contribution in [3.8, 4) is 0 Å². The van der Waals surface area contributed by atoms with Crippen LogP contribution in [0.25, 0.3) is 11.2 Å². The highest BCUT2D eigenvalue weighted by molar-refractivity contribution is 6.83. The molecule has 4 N–H and O–H groups in total. The fraction of sp³-hybridized carbons (Fsp3) is 0.783. The highest BCUT2D eigenvalue weighted by Gasteiger charge is 2.61. The number of ether oxygens (including phenoxy) is 1. The standard InChI is InChI=1S/C23H41N5O6Si2/c1-12(2)35(13(3)4)31-9-16-20(33-36(34-35,14(5)6)15(7)8)18(29)19(30)23(32-16)28-11-27-17-21(24)25-10-26-22(17)28/h10-16,18-20,23,29-30H,9H2,1-8H3,(H2,24,25,26)/t16-,18-,19-,20+,23-/m1/s1. The van der Waals surface area contributed by atoms with Gasteiger partial charge in [-0.1, -0.05) is 55.4 Å². The molecular formula is C23H41N5O6Si2. The predicted octanol–water partition coefficient (Wildman–Crippen LogP) is 2.98. The molecule has 2 aromatic heterocycles. The number of aliphatic hydroxyl groups excluding tert-OH is 2. The highest BCUT2D eigenvalue weighted by atomic mass is 28.5. The van der Waals surface area contributed by atoms with Gasteiger partial charge in [0.15, 0.2) is 17.7 Å². The number of imidazole rings is 1. The molecule has 0 radical (unpaired) electrons. The summed E-state index contributed by atoms with van der Waals surface area (Å²) >= 11 is 0. The molecule has 0 aromatic carbocycles. The van der Waals surface area contributed by atoms with Crippen LogP contribution >= 0.6 is 0 Å². The molecule has 13 heteroatoms. The molecule has 2 saturated heterocycles. The van der Waals surface area contributed by atoms with Crippen molar-refractivity contribution >= 4 is 34.1 Å².